The van der Waals surface area contributed by atoms with Crippen LogP contribution in [0.4, 0.5) is 5.69 Å². The lowest BCUT2D eigenvalue weighted by Gasteiger charge is -2.34. The average Bonchev–Trinajstić information content (AvgIpc) is 2.88. The Kier molecular flexibility index (Phi) is 10.7. The lowest BCUT2D eigenvalue weighted by atomic mass is 9.95. The van der Waals surface area contributed by atoms with Crippen LogP contribution in [0.5, 0.6) is 5.75 Å². The first-order valence-electron chi connectivity index (χ1n) is 12.7. The molecule has 1 aliphatic carbocycles. The molecule has 1 fully saturated rings. The molecule has 11 heteroatoms. The lowest BCUT2D eigenvalue weighted by Crippen LogP contribution is -2.54. The number of hydrogen-bond donors (Lipinski definition) is 1. The van der Waals surface area contributed by atoms with Gasteiger partial charge in [-0.1, -0.05) is 61.5 Å². The second-order valence-electron chi connectivity index (χ2n) is 9.51. The van der Waals surface area contributed by atoms with E-state index in [0.29, 0.717) is 12.2 Å². The number of ether oxygens (including phenoxy) is 1. The first-order valence-corrected chi connectivity index (χ1v) is 15.3. The fourth-order valence-electron chi connectivity index (χ4n) is 4.70. The molecule has 0 saturated heterocycles. The number of nitrogens with zero attached hydrogens (tertiary/aromatic N) is 2. The first kappa shape index (κ1) is 30.1. The zero-order valence-electron chi connectivity index (χ0n) is 22.0. The number of rotatable bonds is 11. The Morgan fingerprint density at radius 3 is 2.45 bits per heavy atom. The van der Waals surface area contributed by atoms with Crippen molar-refractivity contribution in [2.75, 3.05) is 24.2 Å². The summed E-state index contributed by atoms with van der Waals surface area (Å²) in [6.45, 7) is 1.38. The second-order valence-corrected chi connectivity index (χ2v) is 12.3. The standard InChI is InChI=1S/C27H35Cl2N3O5S/c1-4-24(27(34)30-21-10-6-5-7-11-21)31(17-19-9-8-12-22(15-19)37-2)26(33)18-32(38(3,35)36)25-16-20(28)13-14-23(25)29/h8-9,12-16,21,24H,4-7,10-11,17-18H2,1-3H3,(H,30,34). The molecule has 0 heterocycles. The van der Waals surface area contributed by atoms with Crippen LogP contribution in [0, 0.1) is 0 Å². The fourth-order valence-corrected chi connectivity index (χ4v) is 5.99. The molecule has 2 aromatic rings. The summed E-state index contributed by atoms with van der Waals surface area (Å²) in [7, 11) is -2.37. The number of amides is 2. The maximum Gasteiger partial charge on any atom is 0.244 e. The van der Waals surface area contributed by atoms with Gasteiger partial charge in [-0.2, -0.15) is 0 Å². The maximum absolute atomic E-state index is 13.9. The minimum Gasteiger partial charge on any atom is -0.497 e. The van der Waals surface area contributed by atoms with Gasteiger partial charge in [0.2, 0.25) is 21.8 Å². The van der Waals surface area contributed by atoms with Crippen LogP contribution in [0.3, 0.4) is 0 Å². The number of halogens is 2. The molecule has 208 valence electrons. The zero-order chi connectivity index (χ0) is 27.9. The van der Waals surface area contributed by atoms with E-state index in [2.05, 4.69) is 5.32 Å². The summed E-state index contributed by atoms with van der Waals surface area (Å²) in [5.74, 6) is -0.180. The van der Waals surface area contributed by atoms with Crippen LogP contribution in [-0.2, 0) is 26.2 Å². The number of hydrogen-bond acceptors (Lipinski definition) is 5. The predicted molar refractivity (Wildman–Crippen MR) is 151 cm³/mol. The van der Waals surface area contributed by atoms with Crippen molar-refractivity contribution in [3.63, 3.8) is 0 Å². The Balaban J connectivity index is 1.96. The summed E-state index contributed by atoms with van der Waals surface area (Å²) in [5.41, 5.74) is 0.837. The fraction of sp³-hybridized carbons (Fsp3) is 0.481. The van der Waals surface area contributed by atoms with E-state index in [1.807, 2.05) is 13.0 Å². The van der Waals surface area contributed by atoms with E-state index in [4.69, 9.17) is 27.9 Å². The van der Waals surface area contributed by atoms with Crippen molar-refractivity contribution in [1.82, 2.24) is 10.2 Å². The molecule has 3 rings (SSSR count). The molecule has 1 atom stereocenters. The number of benzene rings is 2. The molecule has 1 unspecified atom stereocenters. The molecule has 2 aromatic carbocycles. The van der Waals surface area contributed by atoms with Crippen molar-refractivity contribution in [2.45, 2.75) is 64.1 Å². The van der Waals surface area contributed by atoms with Gasteiger partial charge < -0.3 is 15.0 Å². The van der Waals surface area contributed by atoms with Gasteiger partial charge in [0.15, 0.2) is 0 Å². The predicted octanol–water partition coefficient (Wildman–Crippen LogP) is 5.02. The number of carbonyl (C=O) groups is 2. The van der Waals surface area contributed by atoms with E-state index in [1.54, 1.807) is 25.3 Å². The number of carbonyl (C=O) groups excluding carboxylic acids is 2. The maximum atomic E-state index is 13.9. The number of sulfonamides is 1. The van der Waals surface area contributed by atoms with E-state index < -0.39 is 28.5 Å². The van der Waals surface area contributed by atoms with Gasteiger partial charge in [0.25, 0.3) is 0 Å². The van der Waals surface area contributed by atoms with Gasteiger partial charge in [0.05, 0.1) is 24.1 Å². The summed E-state index contributed by atoms with van der Waals surface area (Å²) >= 11 is 12.4. The monoisotopic (exact) mass is 583 g/mol. The number of methoxy groups -OCH3 is 1. The lowest BCUT2D eigenvalue weighted by molar-refractivity contribution is -0.140. The third-order valence-electron chi connectivity index (χ3n) is 6.68. The Bertz CT molecular complexity index is 1230. The second kappa shape index (κ2) is 13.5. The first-order chi connectivity index (χ1) is 18.0. The van der Waals surface area contributed by atoms with Crippen LogP contribution >= 0.6 is 23.2 Å². The van der Waals surface area contributed by atoms with Crippen molar-refractivity contribution >= 4 is 50.7 Å². The van der Waals surface area contributed by atoms with Gasteiger partial charge >= 0.3 is 0 Å². The normalized spacial score (nSPS) is 15.0. The largest absolute Gasteiger partial charge is 0.497 e. The van der Waals surface area contributed by atoms with E-state index in [1.165, 1.54) is 23.1 Å². The summed E-state index contributed by atoms with van der Waals surface area (Å²) in [5, 5.41) is 3.53. The summed E-state index contributed by atoms with van der Waals surface area (Å²) in [4.78, 5) is 28.7. The van der Waals surface area contributed by atoms with Gasteiger partial charge in [-0.15, -0.1) is 0 Å². The smallest absolute Gasteiger partial charge is 0.244 e. The highest BCUT2D eigenvalue weighted by atomic mass is 35.5. The molecule has 38 heavy (non-hydrogen) atoms. The van der Waals surface area contributed by atoms with Crippen LogP contribution in [0.25, 0.3) is 0 Å². The summed E-state index contributed by atoms with van der Waals surface area (Å²) in [6, 6.07) is 10.9. The molecule has 8 nitrogen and oxygen atoms in total. The molecular weight excluding hydrogens is 549 g/mol. The highest BCUT2D eigenvalue weighted by Gasteiger charge is 2.33. The molecule has 0 aromatic heterocycles. The molecule has 0 bridgehead atoms. The quantitative estimate of drug-likeness (QED) is 0.400. The van der Waals surface area contributed by atoms with Crippen molar-refractivity contribution < 1.29 is 22.7 Å². The molecule has 2 amide bonds. The minimum atomic E-state index is -3.92. The Morgan fingerprint density at radius 2 is 1.82 bits per heavy atom. The Labute approximate surface area is 235 Å². The minimum absolute atomic E-state index is 0.0665. The molecule has 0 aliphatic heterocycles. The molecular formula is C27H35Cl2N3O5S. The van der Waals surface area contributed by atoms with Crippen molar-refractivity contribution in [3.05, 3.63) is 58.1 Å². The van der Waals surface area contributed by atoms with Gasteiger partial charge in [-0.3, -0.25) is 13.9 Å². The zero-order valence-corrected chi connectivity index (χ0v) is 24.3. The van der Waals surface area contributed by atoms with Crippen LogP contribution in [0.1, 0.15) is 51.0 Å². The summed E-state index contributed by atoms with van der Waals surface area (Å²) in [6.07, 6.45) is 6.41. The van der Waals surface area contributed by atoms with Crippen molar-refractivity contribution in [1.29, 1.82) is 0 Å². The number of nitrogens with one attached hydrogen (secondary N) is 1. The van der Waals surface area contributed by atoms with Crippen molar-refractivity contribution in [2.24, 2.45) is 0 Å². The van der Waals surface area contributed by atoms with Crippen LogP contribution in [0.15, 0.2) is 42.5 Å². The van der Waals surface area contributed by atoms with E-state index >= 15 is 0 Å². The highest BCUT2D eigenvalue weighted by molar-refractivity contribution is 7.92. The highest BCUT2D eigenvalue weighted by Crippen LogP contribution is 2.31. The van der Waals surface area contributed by atoms with Crippen LogP contribution in [-0.4, -0.2) is 57.1 Å². The van der Waals surface area contributed by atoms with Crippen LogP contribution < -0.4 is 14.4 Å². The van der Waals surface area contributed by atoms with Crippen LogP contribution in [0.2, 0.25) is 10.0 Å². The molecule has 1 N–H and O–H groups in total. The molecule has 1 saturated carbocycles. The average molecular weight is 585 g/mol. The molecule has 0 spiro atoms. The third kappa shape index (κ3) is 8.01. The third-order valence-corrected chi connectivity index (χ3v) is 8.36. The molecule has 0 radical (unpaired) electrons. The summed E-state index contributed by atoms with van der Waals surface area (Å²) < 4.78 is 31.8. The van der Waals surface area contributed by atoms with Crippen molar-refractivity contribution in [3.8, 4) is 5.75 Å². The number of anilines is 1. The van der Waals surface area contributed by atoms with E-state index in [-0.39, 0.29) is 34.2 Å². The van der Waals surface area contributed by atoms with E-state index in [0.717, 1.165) is 48.2 Å². The van der Waals surface area contributed by atoms with Gasteiger partial charge in [-0.25, -0.2) is 8.42 Å². The Morgan fingerprint density at radius 1 is 1.11 bits per heavy atom. The topological polar surface area (TPSA) is 96.0 Å². The molecule has 1 aliphatic rings. The van der Waals surface area contributed by atoms with Gasteiger partial charge in [0.1, 0.15) is 18.3 Å². The Hall–Kier alpha value is -2.49. The van der Waals surface area contributed by atoms with Gasteiger partial charge in [-0.05, 0) is 55.2 Å². The SMILES string of the molecule is CCC(C(=O)NC1CCCCC1)N(Cc1cccc(OC)c1)C(=O)CN(c1cc(Cl)ccc1Cl)S(C)(=O)=O. The van der Waals surface area contributed by atoms with Gasteiger partial charge in [0, 0.05) is 17.6 Å². The van der Waals surface area contributed by atoms with E-state index in [9.17, 15) is 18.0 Å².